The van der Waals surface area contributed by atoms with Crippen molar-refractivity contribution in [2.24, 2.45) is 0 Å². The first-order valence-electron chi connectivity index (χ1n) is 6.55. The van der Waals surface area contributed by atoms with Crippen LogP contribution < -0.4 is 5.32 Å². The molecular formula is C15H18N2O. The predicted octanol–water partition coefficient (Wildman–Crippen LogP) is 2.41. The van der Waals surface area contributed by atoms with Crippen molar-refractivity contribution in [3.63, 3.8) is 0 Å². The lowest BCUT2D eigenvalue weighted by atomic mass is 10.1. The van der Waals surface area contributed by atoms with Crippen LogP contribution in [0.2, 0.25) is 0 Å². The minimum atomic E-state index is 0.850. The minimum Gasteiger partial charge on any atom is -0.445 e. The Morgan fingerprint density at radius 3 is 3.11 bits per heavy atom. The van der Waals surface area contributed by atoms with Gasteiger partial charge in [0.15, 0.2) is 5.89 Å². The van der Waals surface area contributed by atoms with Gasteiger partial charge in [-0.25, -0.2) is 4.98 Å². The van der Waals surface area contributed by atoms with Gasteiger partial charge in [0.2, 0.25) is 0 Å². The lowest BCUT2D eigenvalue weighted by molar-refractivity contribution is 0.438. The SMILES string of the molecule is Cc1cccc(CCc2nc3c(o2)CCNC3)c1. The number of rotatable bonds is 3. The number of nitrogens with one attached hydrogen (secondary N) is 1. The Labute approximate surface area is 107 Å². The van der Waals surface area contributed by atoms with E-state index in [9.17, 15) is 0 Å². The summed E-state index contributed by atoms with van der Waals surface area (Å²) in [7, 11) is 0. The Morgan fingerprint density at radius 1 is 1.33 bits per heavy atom. The van der Waals surface area contributed by atoms with Crippen molar-refractivity contribution < 1.29 is 4.42 Å². The Balaban J connectivity index is 1.68. The standard InChI is InChI=1S/C15H18N2O/c1-11-3-2-4-12(9-11)5-6-15-17-13-10-16-8-7-14(13)18-15/h2-4,9,16H,5-8,10H2,1H3. The van der Waals surface area contributed by atoms with Crippen LogP contribution in [0, 0.1) is 6.92 Å². The van der Waals surface area contributed by atoms with E-state index < -0.39 is 0 Å². The first-order valence-corrected chi connectivity index (χ1v) is 6.55. The van der Waals surface area contributed by atoms with Gasteiger partial charge in [-0.1, -0.05) is 29.8 Å². The van der Waals surface area contributed by atoms with E-state index in [1.807, 2.05) is 0 Å². The largest absolute Gasteiger partial charge is 0.445 e. The Bertz CT molecular complexity index is 522. The monoisotopic (exact) mass is 242 g/mol. The zero-order valence-electron chi connectivity index (χ0n) is 10.7. The van der Waals surface area contributed by atoms with E-state index in [0.29, 0.717) is 0 Å². The molecule has 1 aliphatic heterocycles. The zero-order valence-corrected chi connectivity index (χ0v) is 10.7. The number of benzene rings is 1. The molecule has 94 valence electrons. The molecule has 1 aromatic carbocycles. The van der Waals surface area contributed by atoms with Crippen LogP contribution >= 0.6 is 0 Å². The fourth-order valence-corrected chi connectivity index (χ4v) is 2.40. The number of hydrogen-bond donors (Lipinski definition) is 1. The zero-order chi connectivity index (χ0) is 12.4. The molecule has 0 saturated heterocycles. The molecule has 2 heterocycles. The van der Waals surface area contributed by atoms with Gasteiger partial charge in [-0.15, -0.1) is 0 Å². The molecule has 1 aliphatic rings. The Kier molecular flexibility index (Phi) is 3.15. The summed E-state index contributed by atoms with van der Waals surface area (Å²) in [6.07, 6.45) is 2.84. The number of nitrogens with zero attached hydrogens (tertiary/aromatic N) is 1. The van der Waals surface area contributed by atoms with Crippen LogP contribution in [0.1, 0.15) is 28.5 Å². The topological polar surface area (TPSA) is 38.1 Å². The highest BCUT2D eigenvalue weighted by Gasteiger charge is 2.16. The maximum Gasteiger partial charge on any atom is 0.195 e. The summed E-state index contributed by atoms with van der Waals surface area (Å²) < 4.78 is 5.81. The number of fused-ring (bicyclic) bond motifs is 1. The highest BCUT2D eigenvalue weighted by molar-refractivity contribution is 5.23. The third-order valence-electron chi connectivity index (χ3n) is 3.35. The van der Waals surface area contributed by atoms with E-state index in [-0.39, 0.29) is 0 Å². The number of aryl methyl sites for hydroxylation is 3. The molecule has 0 fully saturated rings. The molecule has 0 saturated carbocycles. The smallest absolute Gasteiger partial charge is 0.195 e. The first kappa shape index (κ1) is 11.5. The molecule has 3 rings (SSSR count). The van der Waals surface area contributed by atoms with E-state index >= 15 is 0 Å². The molecular weight excluding hydrogens is 224 g/mol. The Hall–Kier alpha value is -1.61. The highest BCUT2D eigenvalue weighted by atomic mass is 16.4. The molecule has 1 N–H and O–H groups in total. The van der Waals surface area contributed by atoms with Gasteiger partial charge in [0, 0.05) is 25.9 Å². The average Bonchev–Trinajstić information content (AvgIpc) is 2.79. The van der Waals surface area contributed by atoms with Crippen molar-refractivity contribution in [1.29, 1.82) is 0 Å². The van der Waals surface area contributed by atoms with Crippen LogP contribution in [0.5, 0.6) is 0 Å². The molecule has 0 spiro atoms. The lowest BCUT2D eigenvalue weighted by Crippen LogP contribution is -2.22. The molecule has 2 aromatic rings. The van der Waals surface area contributed by atoms with E-state index in [0.717, 1.165) is 49.7 Å². The van der Waals surface area contributed by atoms with Crippen molar-refractivity contribution >= 4 is 0 Å². The van der Waals surface area contributed by atoms with Gasteiger partial charge in [0.1, 0.15) is 5.76 Å². The molecule has 0 unspecified atom stereocenters. The highest BCUT2D eigenvalue weighted by Crippen LogP contribution is 2.16. The fraction of sp³-hybridized carbons (Fsp3) is 0.400. The molecule has 3 nitrogen and oxygen atoms in total. The van der Waals surface area contributed by atoms with Gasteiger partial charge in [0.05, 0.1) is 5.69 Å². The van der Waals surface area contributed by atoms with E-state index in [2.05, 4.69) is 41.5 Å². The summed E-state index contributed by atoms with van der Waals surface area (Å²) in [6, 6.07) is 8.62. The first-order chi connectivity index (χ1) is 8.81. The summed E-state index contributed by atoms with van der Waals surface area (Å²) in [5.74, 6) is 1.96. The lowest BCUT2D eigenvalue weighted by Gasteiger charge is -2.08. The maximum atomic E-state index is 5.81. The quantitative estimate of drug-likeness (QED) is 0.898. The summed E-state index contributed by atoms with van der Waals surface area (Å²) in [5, 5.41) is 3.31. The van der Waals surface area contributed by atoms with Gasteiger partial charge in [-0.05, 0) is 18.9 Å². The van der Waals surface area contributed by atoms with Crippen LogP contribution in [-0.4, -0.2) is 11.5 Å². The Morgan fingerprint density at radius 2 is 2.28 bits per heavy atom. The number of aromatic nitrogens is 1. The minimum absolute atomic E-state index is 0.850. The molecule has 0 bridgehead atoms. The molecule has 18 heavy (non-hydrogen) atoms. The molecule has 3 heteroatoms. The third-order valence-corrected chi connectivity index (χ3v) is 3.35. The van der Waals surface area contributed by atoms with E-state index in [4.69, 9.17) is 4.42 Å². The second-order valence-electron chi connectivity index (χ2n) is 4.89. The van der Waals surface area contributed by atoms with Crippen LogP contribution in [0.3, 0.4) is 0 Å². The summed E-state index contributed by atoms with van der Waals surface area (Å²) in [6.45, 7) is 3.97. The van der Waals surface area contributed by atoms with Crippen molar-refractivity contribution in [3.05, 3.63) is 52.7 Å². The molecule has 0 amide bonds. The molecule has 1 aromatic heterocycles. The molecule has 0 aliphatic carbocycles. The van der Waals surface area contributed by atoms with Crippen LogP contribution in [-0.2, 0) is 25.8 Å². The van der Waals surface area contributed by atoms with Crippen LogP contribution in [0.15, 0.2) is 28.7 Å². The van der Waals surface area contributed by atoms with Gasteiger partial charge < -0.3 is 9.73 Å². The van der Waals surface area contributed by atoms with Crippen LogP contribution in [0.4, 0.5) is 0 Å². The van der Waals surface area contributed by atoms with Crippen molar-refractivity contribution in [2.45, 2.75) is 32.7 Å². The number of hydrogen-bond acceptors (Lipinski definition) is 3. The van der Waals surface area contributed by atoms with Crippen molar-refractivity contribution in [2.75, 3.05) is 6.54 Å². The normalized spacial score (nSPS) is 14.5. The van der Waals surface area contributed by atoms with Crippen molar-refractivity contribution in [3.8, 4) is 0 Å². The predicted molar refractivity (Wildman–Crippen MR) is 70.5 cm³/mol. The third kappa shape index (κ3) is 2.46. The summed E-state index contributed by atoms with van der Waals surface area (Å²) in [5.41, 5.74) is 3.76. The second kappa shape index (κ2) is 4.94. The second-order valence-corrected chi connectivity index (χ2v) is 4.89. The van der Waals surface area contributed by atoms with E-state index in [1.165, 1.54) is 11.1 Å². The van der Waals surface area contributed by atoms with Gasteiger partial charge in [-0.3, -0.25) is 0 Å². The van der Waals surface area contributed by atoms with E-state index in [1.54, 1.807) is 0 Å². The van der Waals surface area contributed by atoms with Gasteiger partial charge in [0.25, 0.3) is 0 Å². The van der Waals surface area contributed by atoms with Gasteiger partial charge in [-0.2, -0.15) is 0 Å². The fourth-order valence-electron chi connectivity index (χ4n) is 2.40. The molecule has 0 radical (unpaired) electrons. The summed E-state index contributed by atoms with van der Waals surface area (Å²) in [4.78, 5) is 4.56. The van der Waals surface area contributed by atoms with Crippen molar-refractivity contribution in [1.82, 2.24) is 10.3 Å². The maximum absolute atomic E-state index is 5.81. The molecule has 0 atom stereocenters. The van der Waals surface area contributed by atoms with Gasteiger partial charge >= 0.3 is 0 Å². The summed E-state index contributed by atoms with van der Waals surface area (Å²) >= 11 is 0. The average molecular weight is 242 g/mol. The van der Waals surface area contributed by atoms with Crippen LogP contribution in [0.25, 0.3) is 0 Å². The number of oxazole rings is 1.